The van der Waals surface area contributed by atoms with Gasteiger partial charge in [0.15, 0.2) is 0 Å². The van der Waals surface area contributed by atoms with Crippen LogP contribution in [0.5, 0.6) is 0 Å². The lowest BCUT2D eigenvalue weighted by molar-refractivity contribution is -0.116. The third kappa shape index (κ3) is 3.65. The van der Waals surface area contributed by atoms with Gasteiger partial charge in [0.2, 0.25) is 5.91 Å². The van der Waals surface area contributed by atoms with Gasteiger partial charge in [0.05, 0.1) is 0 Å². The fourth-order valence-electron chi connectivity index (χ4n) is 3.67. The van der Waals surface area contributed by atoms with Crippen LogP contribution in [-0.2, 0) is 4.79 Å². The Hall–Kier alpha value is -1.46. The van der Waals surface area contributed by atoms with E-state index < -0.39 is 0 Å². The Balaban J connectivity index is 1.47. The molecule has 5 heteroatoms. The highest BCUT2D eigenvalue weighted by atomic mass is 19.1. The number of halogens is 1. The van der Waals surface area contributed by atoms with E-state index in [0.29, 0.717) is 18.2 Å². The van der Waals surface area contributed by atoms with E-state index in [1.54, 1.807) is 12.1 Å². The maximum Gasteiger partial charge on any atom is 0.225 e. The molecule has 4 nitrogen and oxygen atoms in total. The number of benzene rings is 1. The van der Waals surface area contributed by atoms with Crippen molar-refractivity contribution in [2.24, 2.45) is 5.92 Å². The van der Waals surface area contributed by atoms with Crippen LogP contribution in [0, 0.1) is 11.7 Å². The Morgan fingerprint density at radius 2 is 2.00 bits per heavy atom. The quantitative estimate of drug-likeness (QED) is 0.926. The fourth-order valence-corrected chi connectivity index (χ4v) is 3.67. The molecule has 0 radical (unpaired) electrons. The predicted octanol–water partition coefficient (Wildman–Crippen LogP) is 2.18. The summed E-state index contributed by atoms with van der Waals surface area (Å²) in [6.07, 6.45) is 3.03. The van der Waals surface area contributed by atoms with Crippen LogP contribution < -0.4 is 5.32 Å². The summed E-state index contributed by atoms with van der Waals surface area (Å²) in [4.78, 5) is 16.9. The molecular formula is C17H24FN3O. The van der Waals surface area contributed by atoms with Crippen molar-refractivity contribution in [1.29, 1.82) is 0 Å². The van der Waals surface area contributed by atoms with Crippen molar-refractivity contribution in [2.75, 3.05) is 38.5 Å². The van der Waals surface area contributed by atoms with Crippen LogP contribution >= 0.6 is 0 Å². The molecule has 0 aromatic heterocycles. The Labute approximate surface area is 131 Å². The van der Waals surface area contributed by atoms with E-state index in [1.165, 1.54) is 31.5 Å². The SMILES string of the molecule is CN1CC[C@@H]2CCN(CCC(=O)Nc3ccc(F)cc3)[C@H]2C1. The number of fused-ring (bicyclic) bond motifs is 1. The second kappa shape index (κ2) is 6.75. The number of nitrogens with one attached hydrogen (secondary N) is 1. The molecule has 2 heterocycles. The predicted molar refractivity (Wildman–Crippen MR) is 85.2 cm³/mol. The molecular weight excluding hydrogens is 281 g/mol. The molecule has 0 spiro atoms. The zero-order valence-electron chi connectivity index (χ0n) is 13.1. The van der Waals surface area contributed by atoms with Crippen LogP contribution in [0.1, 0.15) is 19.3 Å². The summed E-state index contributed by atoms with van der Waals surface area (Å²) in [5, 5.41) is 2.83. The Kier molecular flexibility index (Phi) is 4.74. The number of nitrogens with zero attached hydrogens (tertiary/aromatic N) is 2. The molecule has 0 aliphatic carbocycles. The smallest absolute Gasteiger partial charge is 0.225 e. The molecule has 1 aromatic carbocycles. The first kappa shape index (κ1) is 15.4. The minimum absolute atomic E-state index is 0.000720. The molecule has 0 saturated carbocycles. The van der Waals surface area contributed by atoms with Crippen molar-refractivity contribution in [1.82, 2.24) is 9.80 Å². The van der Waals surface area contributed by atoms with Gasteiger partial charge in [0, 0.05) is 31.2 Å². The molecule has 2 fully saturated rings. The zero-order valence-corrected chi connectivity index (χ0v) is 13.1. The van der Waals surface area contributed by atoms with E-state index in [0.717, 1.165) is 25.6 Å². The number of carbonyl (C=O) groups is 1. The van der Waals surface area contributed by atoms with E-state index in [4.69, 9.17) is 0 Å². The van der Waals surface area contributed by atoms with Gasteiger partial charge >= 0.3 is 0 Å². The molecule has 1 aromatic rings. The highest BCUT2D eigenvalue weighted by molar-refractivity contribution is 5.90. The van der Waals surface area contributed by atoms with Gasteiger partial charge in [-0.2, -0.15) is 0 Å². The van der Waals surface area contributed by atoms with Crippen LogP contribution in [0.15, 0.2) is 24.3 Å². The van der Waals surface area contributed by atoms with Crippen molar-refractivity contribution in [2.45, 2.75) is 25.3 Å². The highest BCUT2D eigenvalue weighted by Crippen LogP contribution is 2.31. The maximum absolute atomic E-state index is 12.8. The van der Waals surface area contributed by atoms with E-state index in [-0.39, 0.29) is 11.7 Å². The third-order valence-corrected chi connectivity index (χ3v) is 4.93. The molecule has 0 unspecified atom stereocenters. The lowest BCUT2D eigenvalue weighted by Gasteiger charge is -2.36. The number of piperidine rings is 1. The molecule has 120 valence electrons. The number of rotatable bonds is 4. The Bertz CT molecular complexity index is 519. The summed E-state index contributed by atoms with van der Waals surface area (Å²) in [6, 6.07) is 6.51. The fraction of sp³-hybridized carbons (Fsp3) is 0.588. The van der Waals surface area contributed by atoms with E-state index >= 15 is 0 Å². The lowest BCUT2D eigenvalue weighted by Crippen LogP contribution is -2.47. The molecule has 22 heavy (non-hydrogen) atoms. The van der Waals surface area contributed by atoms with Gasteiger partial charge in [0.25, 0.3) is 0 Å². The summed E-state index contributed by atoms with van der Waals surface area (Å²) in [5.74, 6) is 0.512. The molecule has 2 atom stereocenters. The Morgan fingerprint density at radius 1 is 1.27 bits per heavy atom. The summed E-state index contributed by atoms with van der Waals surface area (Å²) in [5.41, 5.74) is 0.656. The first-order valence-corrected chi connectivity index (χ1v) is 8.10. The van der Waals surface area contributed by atoms with Crippen LogP contribution in [0.3, 0.4) is 0 Å². The van der Waals surface area contributed by atoms with Crippen molar-refractivity contribution >= 4 is 11.6 Å². The molecule has 1 amide bonds. The Morgan fingerprint density at radius 3 is 2.77 bits per heavy atom. The number of anilines is 1. The minimum atomic E-state index is -0.289. The second-order valence-corrected chi connectivity index (χ2v) is 6.51. The van der Waals surface area contributed by atoms with E-state index in [2.05, 4.69) is 22.2 Å². The third-order valence-electron chi connectivity index (χ3n) is 4.93. The number of likely N-dealkylation sites (tertiary alicyclic amines) is 2. The van der Waals surface area contributed by atoms with Gasteiger partial charge in [-0.3, -0.25) is 9.69 Å². The first-order chi connectivity index (χ1) is 10.6. The highest BCUT2D eigenvalue weighted by Gasteiger charge is 2.37. The number of hydrogen-bond acceptors (Lipinski definition) is 3. The molecule has 2 saturated heterocycles. The van der Waals surface area contributed by atoms with Gasteiger partial charge in [0.1, 0.15) is 5.82 Å². The largest absolute Gasteiger partial charge is 0.326 e. The van der Waals surface area contributed by atoms with E-state index in [1.807, 2.05) is 0 Å². The zero-order chi connectivity index (χ0) is 15.5. The summed E-state index contributed by atoms with van der Waals surface area (Å²) in [6.45, 7) is 4.22. The molecule has 1 N–H and O–H groups in total. The van der Waals surface area contributed by atoms with Crippen molar-refractivity contribution in [3.05, 3.63) is 30.1 Å². The van der Waals surface area contributed by atoms with Crippen LogP contribution in [0.4, 0.5) is 10.1 Å². The van der Waals surface area contributed by atoms with Gasteiger partial charge in [-0.25, -0.2) is 4.39 Å². The molecule has 2 aliphatic rings. The summed E-state index contributed by atoms with van der Waals surface area (Å²) >= 11 is 0. The molecule has 2 aliphatic heterocycles. The standard InChI is InChI=1S/C17H24FN3O/c1-20-9-6-13-7-10-21(16(13)12-20)11-8-17(22)19-15-4-2-14(18)3-5-15/h2-5,13,16H,6-12H2,1H3,(H,19,22)/t13-,16+/m1/s1. The molecule has 0 bridgehead atoms. The number of hydrogen-bond donors (Lipinski definition) is 1. The average Bonchev–Trinajstić information content (AvgIpc) is 2.90. The maximum atomic E-state index is 12.8. The van der Waals surface area contributed by atoms with Gasteiger partial charge in [-0.05, 0) is 63.2 Å². The topological polar surface area (TPSA) is 35.6 Å². The summed E-state index contributed by atoms with van der Waals surface area (Å²) in [7, 11) is 2.17. The van der Waals surface area contributed by atoms with Crippen LogP contribution in [0.25, 0.3) is 0 Å². The van der Waals surface area contributed by atoms with Gasteiger partial charge < -0.3 is 10.2 Å². The van der Waals surface area contributed by atoms with Crippen molar-refractivity contribution < 1.29 is 9.18 Å². The number of amides is 1. The van der Waals surface area contributed by atoms with Crippen LogP contribution in [-0.4, -0.2) is 55.0 Å². The summed E-state index contributed by atoms with van der Waals surface area (Å²) < 4.78 is 12.8. The minimum Gasteiger partial charge on any atom is -0.326 e. The first-order valence-electron chi connectivity index (χ1n) is 8.10. The monoisotopic (exact) mass is 305 g/mol. The van der Waals surface area contributed by atoms with Crippen molar-refractivity contribution in [3.8, 4) is 0 Å². The van der Waals surface area contributed by atoms with Crippen molar-refractivity contribution in [3.63, 3.8) is 0 Å². The number of carbonyl (C=O) groups excluding carboxylic acids is 1. The number of likely N-dealkylation sites (N-methyl/N-ethyl adjacent to an activating group) is 1. The van der Waals surface area contributed by atoms with E-state index in [9.17, 15) is 9.18 Å². The molecule has 3 rings (SSSR count). The van der Waals surface area contributed by atoms with Gasteiger partial charge in [-0.1, -0.05) is 0 Å². The lowest BCUT2D eigenvalue weighted by atomic mass is 9.92. The average molecular weight is 305 g/mol. The van der Waals surface area contributed by atoms with Gasteiger partial charge in [-0.15, -0.1) is 0 Å². The normalized spacial score (nSPS) is 25.9. The second-order valence-electron chi connectivity index (χ2n) is 6.51. The van der Waals surface area contributed by atoms with Crippen LogP contribution in [0.2, 0.25) is 0 Å².